The molecule has 21 heavy (non-hydrogen) atoms. The average molecular weight is 301 g/mol. The zero-order valence-electron chi connectivity index (χ0n) is 13.7. The Kier molecular flexibility index (Phi) is 13.1. The molecule has 2 N–H and O–H groups in total. The molecule has 0 saturated heterocycles. The average Bonchev–Trinajstić information content (AvgIpc) is 2.41. The number of carbonyl (C=O) groups excluding carboxylic acids is 2. The third-order valence-corrected chi connectivity index (χ3v) is 3.08. The first-order valence-electron chi connectivity index (χ1n) is 7.77. The fraction of sp³-hybridized carbons (Fsp3) is 0.867. The Balaban J connectivity index is 3.21. The molecule has 0 aliphatic heterocycles. The molecule has 0 aromatic carbocycles. The van der Waals surface area contributed by atoms with Crippen LogP contribution in [0.2, 0.25) is 0 Å². The minimum absolute atomic E-state index is 0.0192. The second kappa shape index (κ2) is 13.8. The summed E-state index contributed by atoms with van der Waals surface area (Å²) in [5, 5.41) is 5.50. The van der Waals surface area contributed by atoms with Crippen LogP contribution in [0.3, 0.4) is 0 Å². The number of rotatable bonds is 13. The quantitative estimate of drug-likeness (QED) is 0.493. The van der Waals surface area contributed by atoms with Crippen LogP contribution in [0.15, 0.2) is 0 Å². The lowest BCUT2D eigenvalue weighted by Gasteiger charge is -2.16. The van der Waals surface area contributed by atoms with Crippen LogP contribution in [0.1, 0.15) is 39.5 Å². The van der Waals surface area contributed by atoms with Crippen LogP contribution >= 0.6 is 0 Å². The van der Waals surface area contributed by atoms with Gasteiger partial charge in [-0.2, -0.15) is 0 Å². The van der Waals surface area contributed by atoms with Gasteiger partial charge in [0.1, 0.15) is 0 Å². The molecule has 0 fully saturated rings. The van der Waals surface area contributed by atoms with Crippen LogP contribution in [0, 0.1) is 0 Å². The van der Waals surface area contributed by atoms with Crippen molar-refractivity contribution in [1.82, 2.24) is 15.5 Å². The van der Waals surface area contributed by atoms with E-state index in [-0.39, 0.29) is 11.8 Å². The van der Waals surface area contributed by atoms with Crippen molar-refractivity contribution in [2.24, 2.45) is 0 Å². The smallest absolute Gasteiger partial charge is 0.216 e. The first-order chi connectivity index (χ1) is 10.0. The molecule has 0 atom stereocenters. The maximum Gasteiger partial charge on any atom is 0.216 e. The van der Waals surface area contributed by atoms with Gasteiger partial charge in [-0.05, 0) is 26.4 Å². The number of nitrogens with zero attached hydrogens (tertiary/aromatic N) is 1. The molecule has 0 heterocycles. The topological polar surface area (TPSA) is 70.7 Å². The number of nitrogens with one attached hydrogen (secondary N) is 2. The van der Waals surface area contributed by atoms with E-state index in [1.165, 1.54) is 19.8 Å². The summed E-state index contributed by atoms with van der Waals surface area (Å²) in [6, 6.07) is 0. The van der Waals surface area contributed by atoms with Gasteiger partial charge in [-0.25, -0.2) is 0 Å². The van der Waals surface area contributed by atoms with Gasteiger partial charge in [-0.1, -0.05) is 12.8 Å². The highest BCUT2D eigenvalue weighted by atomic mass is 16.5. The molecule has 0 bridgehead atoms. The third-order valence-electron chi connectivity index (χ3n) is 3.08. The SMILES string of the molecule is CC(=O)NCCCCCCN(C)CCOCCNC(C)=O. The number of unbranched alkanes of at least 4 members (excludes halogenated alkanes) is 3. The van der Waals surface area contributed by atoms with Crippen molar-refractivity contribution in [2.45, 2.75) is 39.5 Å². The highest BCUT2D eigenvalue weighted by molar-refractivity contribution is 5.72. The molecule has 0 aromatic rings. The first-order valence-corrected chi connectivity index (χ1v) is 7.77. The van der Waals surface area contributed by atoms with Crippen LogP contribution in [0.4, 0.5) is 0 Å². The lowest BCUT2D eigenvalue weighted by molar-refractivity contribution is -0.119. The van der Waals surface area contributed by atoms with Gasteiger partial charge in [-0.15, -0.1) is 0 Å². The molecule has 0 spiro atoms. The maximum absolute atomic E-state index is 10.7. The number of amides is 2. The van der Waals surface area contributed by atoms with Crippen molar-refractivity contribution in [1.29, 1.82) is 0 Å². The van der Waals surface area contributed by atoms with Crippen LogP contribution in [-0.2, 0) is 14.3 Å². The van der Waals surface area contributed by atoms with Gasteiger partial charge in [-0.3, -0.25) is 9.59 Å². The van der Waals surface area contributed by atoms with E-state index in [4.69, 9.17) is 4.74 Å². The van der Waals surface area contributed by atoms with Gasteiger partial charge in [0.05, 0.1) is 13.2 Å². The molecule has 0 rings (SSSR count). The first kappa shape index (κ1) is 19.9. The predicted molar refractivity (Wildman–Crippen MR) is 84.2 cm³/mol. The fourth-order valence-corrected chi connectivity index (χ4v) is 1.86. The van der Waals surface area contributed by atoms with Gasteiger partial charge < -0.3 is 20.3 Å². The van der Waals surface area contributed by atoms with E-state index in [9.17, 15) is 9.59 Å². The van der Waals surface area contributed by atoms with Gasteiger partial charge in [0, 0.05) is 33.5 Å². The summed E-state index contributed by atoms with van der Waals surface area (Å²) in [5.41, 5.74) is 0. The van der Waals surface area contributed by atoms with Crippen LogP contribution in [0.25, 0.3) is 0 Å². The Morgan fingerprint density at radius 1 is 0.857 bits per heavy atom. The van der Waals surface area contributed by atoms with E-state index in [1.807, 2.05) is 0 Å². The summed E-state index contributed by atoms with van der Waals surface area (Å²) in [6.07, 6.45) is 4.56. The molecule has 0 radical (unpaired) electrons. The van der Waals surface area contributed by atoms with Gasteiger partial charge in [0.2, 0.25) is 11.8 Å². The highest BCUT2D eigenvalue weighted by Gasteiger charge is 1.99. The summed E-state index contributed by atoms with van der Waals surface area (Å²) in [5.74, 6) is 0.0301. The number of hydrogen-bond donors (Lipinski definition) is 2. The summed E-state index contributed by atoms with van der Waals surface area (Å²) in [7, 11) is 2.09. The number of likely N-dealkylation sites (N-methyl/N-ethyl adjacent to an activating group) is 1. The molecular formula is C15H31N3O3. The van der Waals surface area contributed by atoms with E-state index in [1.54, 1.807) is 6.92 Å². The molecule has 124 valence electrons. The van der Waals surface area contributed by atoms with Gasteiger partial charge in [0.25, 0.3) is 0 Å². The van der Waals surface area contributed by atoms with Gasteiger partial charge >= 0.3 is 0 Å². The highest BCUT2D eigenvalue weighted by Crippen LogP contribution is 2.00. The van der Waals surface area contributed by atoms with E-state index >= 15 is 0 Å². The van der Waals surface area contributed by atoms with E-state index in [2.05, 4.69) is 22.6 Å². The zero-order chi connectivity index (χ0) is 15.9. The molecule has 0 aromatic heterocycles. The van der Waals surface area contributed by atoms with Crippen molar-refractivity contribution >= 4 is 11.8 Å². The second-order valence-corrected chi connectivity index (χ2v) is 5.30. The van der Waals surface area contributed by atoms with E-state index < -0.39 is 0 Å². The van der Waals surface area contributed by atoms with Crippen LogP contribution in [-0.4, -0.2) is 63.2 Å². The summed E-state index contributed by atoms with van der Waals surface area (Å²) < 4.78 is 5.44. The van der Waals surface area contributed by atoms with Gasteiger partial charge in [0.15, 0.2) is 0 Å². The zero-order valence-corrected chi connectivity index (χ0v) is 13.7. The lowest BCUT2D eigenvalue weighted by Crippen LogP contribution is -2.27. The maximum atomic E-state index is 10.7. The van der Waals surface area contributed by atoms with Crippen molar-refractivity contribution < 1.29 is 14.3 Å². The molecule has 0 aliphatic carbocycles. The van der Waals surface area contributed by atoms with Crippen molar-refractivity contribution in [3.05, 3.63) is 0 Å². The molecule has 2 amide bonds. The van der Waals surface area contributed by atoms with Crippen molar-refractivity contribution in [3.63, 3.8) is 0 Å². The molecule has 6 heteroatoms. The Labute approximate surface area is 128 Å². The summed E-state index contributed by atoms with van der Waals surface area (Å²) in [4.78, 5) is 23.6. The normalized spacial score (nSPS) is 10.7. The van der Waals surface area contributed by atoms with Crippen LogP contribution in [0.5, 0.6) is 0 Å². The fourth-order valence-electron chi connectivity index (χ4n) is 1.86. The second-order valence-electron chi connectivity index (χ2n) is 5.30. The molecule has 0 saturated carbocycles. The Morgan fingerprint density at radius 3 is 2.14 bits per heavy atom. The Morgan fingerprint density at radius 2 is 1.48 bits per heavy atom. The van der Waals surface area contributed by atoms with E-state index in [0.717, 1.165) is 32.5 Å². The largest absolute Gasteiger partial charge is 0.378 e. The Bertz CT molecular complexity index is 285. The Hall–Kier alpha value is -1.14. The third kappa shape index (κ3) is 16.8. The van der Waals surface area contributed by atoms with Crippen LogP contribution < -0.4 is 10.6 Å². The molecule has 0 unspecified atom stereocenters. The monoisotopic (exact) mass is 301 g/mol. The summed E-state index contributed by atoms with van der Waals surface area (Å²) >= 11 is 0. The molecular weight excluding hydrogens is 270 g/mol. The predicted octanol–water partition coefficient (Wildman–Crippen LogP) is 0.767. The summed E-state index contributed by atoms with van der Waals surface area (Å²) in [6.45, 7) is 7.65. The standard InChI is InChI=1S/C15H31N3O3/c1-14(19)16-8-6-4-5-7-10-18(3)11-13-21-12-9-17-15(2)20/h4-13H2,1-3H3,(H,16,19)(H,17,20). The minimum Gasteiger partial charge on any atom is -0.378 e. The lowest BCUT2D eigenvalue weighted by atomic mass is 10.2. The molecule has 6 nitrogen and oxygen atoms in total. The van der Waals surface area contributed by atoms with Crippen molar-refractivity contribution in [2.75, 3.05) is 46.4 Å². The number of ether oxygens (including phenoxy) is 1. The number of carbonyl (C=O) groups is 2. The van der Waals surface area contributed by atoms with Crippen molar-refractivity contribution in [3.8, 4) is 0 Å². The van der Waals surface area contributed by atoms with E-state index in [0.29, 0.717) is 19.8 Å². The minimum atomic E-state index is -0.0192. The number of hydrogen-bond acceptors (Lipinski definition) is 4. The molecule has 0 aliphatic rings.